The molecule has 1 unspecified atom stereocenters. The fourth-order valence-corrected chi connectivity index (χ4v) is 3.66. The lowest BCUT2D eigenvalue weighted by Gasteiger charge is -2.30. The molecule has 1 rings (SSSR count). The van der Waals surface area contributed by atoms with Crippen LogP contribution in [0.3, 0.4) is 0 Å². The summed E-state index contributed by atoms with van der Waals surface area (Å²) in [5, 5.41) is 8.59. The number of hydrogen-bond donors (Lipinski definition) is 2. The van der Waals surface area contributed by atoms with E-state index in [2.05, 4.69) is 25.3 Å². The number of hydroxylamine groups is 1. The number of rotatable bonds is 9. The summed E-state index contributed by atoms with van der Waals surface area (Å²) in [5.74, 6) is 0.896. The van der Waals surface area contributed by atoms with Crippen LogP contribution in [0.2, 0.25) is 0 Å². The van der Waals surface area contributed by atoms with E-state index in [9.17, 15) is 9.59 Å². The second kappa shape index (κ2) is 15.3. The molecular formula is C19H39N3O3S. The molecule has 0 spiro atoms. The third-order valence-corrected chi connectivity index (χ3v) is 5.16. The quantitative estimate of drug-likeness (QED) is 0.273. The van der Waals surface area contributed by atoms with Gasteiger partial charge in [-0.1, -0.05) is 39.1 Å². The van der Waals surface area contributed by atoms with Gasteiger partial charge in [0.2, 0.25) is 11.8 Å². The molecule has 6 nitrogen and oxygen atoms in total. The highest BCUT2D eigenvalue weighted by Gasteiger charge is 2.28. The van der Waals surface area contributed by atoms with Crippen molar-refractivity contribution in [3.63, 3.8) is 0 Å². The molecule has 0 aromatic heterocycles. The summed E-state index contributed by atoms with van der Waals surface area (Å²) >= 11 is 1.89. The van der Waals surface area contributed by atoms with Crippen molar-refractivity contribution >= 4 is 23.8 Å². The summed E-state index contributed by atoms with van der Waals surface area (Å²) in [6.45, 7) is 7.89. The maximum atomic E-state index is 12.3. The highest BCUT2D eigenvalue weighted by Crippen LogP contribution is 2.21. The first kappa shape index (κ1) is 25.2. The van der Waals surface area contributed by atoms with Gasteiger partial charge in [0.05, 0.1) is 0 Å². The number of carbonyl (C=O) groups is 2. The van der Waals surface area contributed by atoms with Crippen LogP contribution in [0.4, 0.5) is 0 Å². The second-order valence-corrected chi connectivity index (χ2v) is 8.85. The lowest BCUT2D eigenvalue weighted by Crippen LogP contribution is -2.41. The molecule has 26 heavy (non-hydrogen) atoms. The summed E-state index contributed by atoms with van der Waals surface area (Å²) < 4.78 is 2.15. The van der Waals surface area contributed by atoms with Crippen LogP contribution in [0, 0.1) is 11.8 Å². The van der Waals surface area contributed by atoms with Gasteiger partial charge in [0.15, 0.2) is 0 Å². The predicted octanol–water partition coefficient (Wildman–Crippen LogP) is 3.55. The molecule has 0 aliphatic carbocycles. The summed E-state index contributed by atoms with van der Waals surface area (Å²) in [6, 6.07) is 0. The Hall–Kier alpha value is -0.790. The molecule has 2 N–H and O–H groups in total. The third-order valence-electron chi connectivity index (χ3n) is 4.18. The lowest BCUT2D eigenvalue weighted by molar-refractivity contribution is -0.141. The van der Waals surface area contributed by atoms with Crippen molar-refractivity contribution in [1.29, 1.82) is 0 Å². The van der Waals surface area contributed by atoms with E-state index in [-0.39, 0.29) is 18.2 Å². The molecule has 1 atom stereocenters. The van der Waals surface area contributed by atoms with Gasteiger partial charge < -0.3 is 4.90 Å². The number of amides is 2. The van der Waals surface area contributed by atoms with Gasteiger partial charge in [-0.3, -0.25) is 19.1 Å². The van der Waals surface area contributed by atoms with Gasteiger partial charge in [-0.15, -0.1) is 0 Å². The summed E-state index contributed by atoms with van der Waals surface area (Å²) in [7, 11) is 4.17. The van der Waals surface area contributed by atoms with Crippen molar-refractivity contribution in [1.82, 2.24) is 14.7 Å². The van der Waals surface area contributed by atoms with Gasteiger partial charge in [-0.25, -0.2) is 5.48 Å². The van der Waals surface area contributed by atoms with Gasteiger partial charge in [0.1, 0.15) is 0 Å². The topological polar surface area (TPSA) is 72.9 Å². The Morgan fingerprint density at radius 2 is 1.81 bits per heavy atom. The molecule has 0 aromatic rings. The molecule has 1 fully saturated rings. The first-order chi connectivity index (χ1) is 12.3. The van der Waals surface area contributed by atoms with Crippen LogP contribution in [0.15, 0.2) is 0 Å². The van der Waals surface area contributed by atoms with E-state index in [1.807, 2.05) is 30.7 Å². The van der Waals surface area contributed by atoms with Crippen LogP contribution in [-0.2, 0) is 9.59 Å². The Morgan fingerprint density at radius 1 is 1.19 bits per heavy atom. The van der Waals surface area contributed by atoms with Crippen molar-refractivity contribution in [2.24, 2.45) is 11.8 Å². The highest BCUT2D eigenvalue weighted by molar-refractivity contribution is 7.96. The first-order valence-electron chi connectivity index (χ1n) is 9.83. The van der Waals surface area contributed by atoms with Gasteiger partial charge in [-0.05, 0) is 52.1 Å². The van der Waals surface area contributed by atoms with Crippen molar-refractivity contribution < 1.29 is 14.8 Å². The van der Waals surface area contributed by atoms with Crippen molar-refractivity contribution in [2.75, 3.05) is 32.9 Å². The van der Waals surface area contributed by atoms with E-state index in [0.717, 1.165) is 25.9 Å². The van der Waals surface area contributed by atoms with E-state index in [1.165, 1.54) is 25.0 Å². The maximum absolute atomic E-state index is 12.3. The number of hydrogen-bond acceptors (Lipinski definition) is 5. The number of unbranched alkanes of at least 4 members (excludes halogenated alkanes) is 1. The van der Waals surface area contributed by atoms with Crippen LogP contribution >= 0.6 is 11.9 Å². The van der Waals surface area contributed by atoms with Gasteiger partial charge in [-0.2, -0.15) is 0 Å². The molecule has 1 heterocycles. The number of nitrogens with zero attached hydrogens (tertiary/aromatic N) is 2. The zero-order valence-electron chi connectivity index (χ0n) is 17.3. The minimum Gasteiger partial charge on any atom is -0.342 e. The summed E-state index contributed by atoms with van der Waals surface area (Å²) in [5.41, 5.74) is 1.62. The van der Waals surface area contributed by atoms with E-state index in [4.69, 9.17) is 5.21 Å². The zero-order chi connectivity index (χ0) is 19.9. The van der Waals surface area contributed by atoms with Crippen molar-refractivity contribution in [2.45, 2.75) is 65.7 Å². The molecule has 1 aliphatic heterocycles. The third kappa shape index (κ3) is 12.5. The van der Waals surface area contributed by atoms with Gasteiger partial charge in [0.25, 0.3) is 0 Å². The molecular weight excluding hydrogens is 350 g/mol. The van der Waals surface area contributed by atoms with E-state index >= 15 is 0 Å². The fourth-order valence-electron chi connectivity index (χ4n) is 2.87. The second-order valence-electron chi connectivity index (χ2n) is 7.45. The van der Waals surface area contributed by atoms with Crippen LogP contribution in [0.5, 0.6) is 0 Å². The van der Waals surface area contributed by atoms with Crippen molar-refractivity contribution in [3.05, 3.63) is 0 Å². The summed E-state index contributed by atoms with van der Waals surface area (Å²) in [4.78, 5) is 25.5. The number of nitrogens with one attached hydrogen (secondary N) is 1. The van der Waals surface area contributed by atoms with Crippen LogP contribution < -0.4 is 5.48 Å². The predicted molar refractivity (Wildman–Crippen MR) is 109 cm³/mol. The van der Waals surface area contributed by atoms with Crippen LogP contribution in [0.1, 0.15) is 65.7 Å². The standard InChI is InChI=1S/C13H24N2O3.C6H15NS/c1-10(2)8-11(9-12(16)14-18)13(17)15-6-4-3-5-7-15;1-4-5-6-8-7(2)3/h10-11,18H,3-9H2,1-2H3,(H,14,16);4-6H2,1-3H3. The normalized spacial score (nSPS) is 15.5. The first-order valence-corrected chi connectivity index (χ1v) is 10.8. The smallest absolute Gasteiger partial charge is 0.244 e. The number of carbonyl (C=O) groups excluding carboxylic acids is 2. The Balaban J connectivity index is 0.000000660. The average Bonchev–Trinajstić information content (AvgIpc) is 2.61. The minimum atomic E-state index is -0.481. The molecule has 0 radical (unpaired) electrons. The highest BCUT2D eigenvalue weighted by atomic mass is 32.2. The van der Waals surface area contributed by atoms with Gasteiger partial charge in [0, 0.05) is 31.2 Å². The van der Waals surface area contributed by atoms with Crippen LogP contribution in [0.25, 0.3) is 0 Å². The van der Waals surface area contributed by atoms with Crippen LogP contribution in [-0.4, -0.2) is 59.2 Å². The monoisotopic (exact) mass is 389 g/mol. The number of piperidine rings is 1. The Kier molecular flexibility index (Phi) is 14.8. The Labute approximate surface area is 164 Å². The molecule has 0 bridgehead atoms. The SMILES string of the molecule is CC(C)CC(CC(=O)NO)C(=O)N1CCCCC1.CCCCSN(C)C. The molecule has 154 valence electrons. The Morgan fingerprint density at radius 3 is 2.27 bits per heavy atom. The molecule has 2 amide bonds. The summed E-state index contributed by atoms with van der Waals surface area (Å²) in [6.07, 6.45) is 6.67. The van der Waals surface area contributed by atoms with E-state index in [0.29, 0.717) is 12.3 Å². The minimum absolute atomic E-state index is 0.0620. The molecule has 1 saturated heterocycles. The number of likely N-dealkylation sites (tertiary alicyclic amines) is 1. The largest absolute Gasteiger partial charge is 0.342 e. The maximum Gasteiger partial charge on any atom is 0.244 e. The zero-order valence-corrected chi connectivity index (χ0v) is 18.1. The van der Waals surface area contributed by atoms with E-state index in [1.54, 1.807) is 5.48 Å². The molecule has 7 heteroatoms. The Bertz CT molecular complexity index is 386. The molecule has 0 saturated carbocycles. The van der Waals surface area contributed by atoms with Gasteiger partial charge >= 0.3 is 0 Å². The van der Waals surface area contributed by atoms with Crippen molar-refractivity contribution in [3.8, 4) is 0 Å². The molecule has 1 aliphatic rings. The fraction of sp³-hybridized carbons (Fsp3) is 0.895. The average molecular weight is 390 g/mol. The van der Waals surface area contributed by atoms with E-state index < -0.39 is 5.91 Å². The lowest BCUT2D eigenvalue weighted by atomic mass is 9.92. The molecule has 0 aromatic carbocycles.